The van der Waals surface area contributed by atoms with Gasteiger partial charge in [0.15, 0.2) is 0 Å². The van der Waals surface area contributed by atoms with Gasteiger partial charge >= 0.3 is 6.36 Å². The van der Waals surface area contributed by atoms with Crippen LogP contribution in [0.4, 0.5) is 19.0 Å². The highest BCUT2D eigenvalue weighted by Crippen LogP contribution is 2.43. The predicted octanol–water partition coefficient (Wildman–Crippen LogP) is 3.89. The minimum atomic E-state index is -4.77. The number of hydrogen-bond acceptors (Lipinski definition) is 6. The van der Waals surface area contributed by atoms with Crippen LogP contribution < -0.4 is 10.5 Å². The molecule has 1 fully saturated rings. The third-order valence-electron chi connectivity index (χ3n) is 6.52. The summed E-state index contributed by atoms with van der Waals surface area (Å²) in [7, 11) is 0. The first kappa shape index (κ1) is 21.7. The molecule has 0 spiro atoms. The lowest BCUT2D eigenvalue weighted by Gasteiger charge is -2.41. The van der Waals surface area contributed by atoms with Gasteiger partial charge in [-0.1, -0.05) is 6.07 Å². The molecule has 0 unspecified atom stereocenters. The summed E-state index contributed by atoms with van der Waals surface area (Å²) in [5.74, 6) is -0.146. The highest BCUT2D eigenvalue weighted by atomic mass is 19.4. The van der Waals surface area contributed by atoms with Gasteiger partial charge in [-0.3, -0.25) is 9.20 Å². The Morgan fingerprint density at radius 2 is 2.03 bits per heavy atom. The van der Waals surface area contributed by atoms with E-state index in [4.69, 9.17) is 10.5 Å². The molecule has 0 radical (unpaired) electrons. The Labute approximate surface area is 197 Å². The molecule has 1 amide bonds. The van der Waals surface area contributed by atoms with E-state index < -0.39 is 12.4 Å². The van der Waals surface area contributed by atoms with E-state index in [1.807, 2.05) is 6.92 Å². The van der Waals surface area contributed by atoms with Gasteiger partial charge in [-0.15, -0.1) is 13.2 Å². The van der Waals surface area contributed by atoms with Gasteiger partial charge in [0, 0.05) is 18.5 Å². The van der Waals surface area contributed by atoms with Crippen LogP contribution in [0, 0.1) is 0 Å². The number of carbonyl (C=O) groups is 1. The Hall–Kier alpha value is -3.86. The summed E-state index contributed by atoms with van der Waals surface area (Å²) in [6, 6.07) is 9.01. The molecular formula is C24H20F3N5O3. The van der Waals surface area contributed by atoms with E-state index in [1.54, 1.807) is 46.1 Å². The number of nitrogens with two attached hydrogens (primary N) is 1. The molecule has 1 aliphatic carbocycles. The Kier molecular flexibility index (Phi) is 4.69. The number of ether oxygens (including phenoxy) is 2. The van der Waals surface area contributed by atoms with Crippen LogP contribution in [0.2, 0.25) is 0 Å². The summed E-state index contributed by atoms with van der Waals surface area (Å²) in [6.07, 6.45) is -1.76. The predicted molar refractivity (Wildman–Crippen MR) is 120 cm³/mol. The number of fused-ring (bicyclic) bond motifs is 6. The summed E-state index contributed by atoms with van der Waals surface area (Å²) < 4.78 is 50.0. The Balaban J connectivity index is 1.38. The quantitative estimate of drug-likeness (QED) is 0.465. The molecule has 180 valence electrons. The van der Waals surface area contributed by atoms with E-state index in [0.717, 1.165) is 5.56 Å². The molecule has 0 saturated carbocycles. The molecule has 4 aromatic rings. The molecule has 8 nitrogen and oxygen atoms in total. The van der Waals surface area contributed by atoms with Crippen molar-refractivity contribution in [2.45, 2.75) is 38.0 Å². The summed E-state index contributed by atoms with van der Waals surface area (Å²) in [6.45, 7) is 2.22. The van der Waals surface area contributed by atoms with E-state index in [1.165, 1.54) is 12.1 Å². The van der Waals surface area contributed by atoms with Crippen molar-refractivity contribution >= 4 is 28.3 Å². The highest BCUT2D eigenvalue weighted by Gasteiger charge is 2.44. The lowest BCUT2D eigenvalue weighted by Crippen LogP contribution is -2.50. The molecule has 3 atom stereocenters. The van der Waals surface area contributed by atoms with Crippen LogP contribution >= 0.6 is 0 Å². The number of alkyl halides is 3. The van der Waals surface area contributed by atoms with Gasteiger partial charge in [0.1, 0.15) is 17.1 Å². The van der Waals surface area contributed by atoms with Gasteiger partial charge in [0.25, 0.3) is 5.91 Å². The fraction of sp³-hybridized carbons (Fsp3) is 0.292. The maximum atomic E-state index is 13.8. The molecular weight excluding hydrogens is 463 g/mol. The molecule has 0 bridgehead atoms. The third kappa shape index (κ3) is 3.63. The minimum Gasteiger partial charge on any atom is -0.406 e. The fourth-order valence-corrected chi connectivity index (χ4v) is 5.18. The maximum Gasteiger partial charge on any atom is 0.573 e. The summed E-state index contributed by atoms with van der Waals surface area (Å²) >= 11 is 0. The first-order chi connectivity index (χ1) is 16.7. The average Bonchev–Trinajstić information content (AvgIpc) is 3.42. The Bertz CT molecular complexity index is 1480. The first-order valence-corrected chi connectivity index (χ1v) is 11.0. The summed E-state index contributed by atoms with van der Waals surface area (Å²) in [5.41, 5.74) is 9.86. The zero-order valence-electron chi connectivity index (χ0n) is 18.5. The summed E-state index contributed by atoms with van der Waals surface area (Å²) in [5, 5.41) is 0. The average molecular weight is 483 g/mol. The second-order valence-electron chi connectivity index (χ2n) is 8.85. The maximum absolute atomic E-state index is 13.8. The van der Waals surface area contributed by atoms with Crippen molar-refractivity contribution in [3.05, 3.63) is 65.6 Å². The highest BCUT2D eigenvalue weighted by molar-refractivity contribution is 5.98. The van der Waals surface area contributed by atoms with Gasteiger partial charge < -0.3 is 20.1 Å². The van der Waals surface area contributed by atoms with E-state index in [2.05, 4.69) is 14.7 Å². The molecule has 3 heterocycles. The number of benzene rings is 2. The first-order valence-electron chi connectivity index (χ1n) is 11.0. The Morgan fingerprint density at radius 3 is 2.83 bits per heavy atom. The largest absolute Gasteiger partial charge is 0.573 e. The number of rotatable bonds is 2. The molecule has 1 saturated heterocycles. The van der Waals surface area contributed by atoms with Gasteiger partial charge in [0.05, 0.1) is 41.8 Å². The van der Waals surface area contributed by atoms with Gasteiger partial charge in [-0.2, -0.15) is 0 Å². The van der Waals surface area contributed by atoms with Gasteiger partial charge in [-0.05, 0) is 48.4 Å². The number of amides is 1. The van der Waals surface area contributed by atoms with Crippen LogP contribution in [0.1, 0.15) is 34.5 Å². The standard InChI is InChI=1S/C24H20F3N5O3/c1-12-10-31(21-16-4-3-15(35-24(25,26)27)6-14(16)8-20(21)34-12)23(33)13-2-5-17-18(7-13)32-11-29-9-19(32)22(28)30-17/h2-7,9,11-12,20-21H,8,10H2,1H3,(H2,28,30)/t12-,20-,21+/m1/s1. The summed E-state index contributed by atoms with van der Waals surface area (Å²) in [4.78, 5) is 24.0. The second kappa shape index (κ2) is 7.57. The number of hydrogen-bond donors (Lipinski definition) is 1. The SMILES string of the molecule is C[C@@H]1CN(C(=O)c2ccc3nc(N)c4cncn4c3c2)[C@H]2c3ccc(OC(F)(F)F)cc3C[C@H]2O1. The molecule has 6 rings (SSSR count). The topological polar surface area (TPSA) is 95.0 Å². The van der Waals surface area contributed by atoms with Crippen LogP contribution in [-0.4, -0.2) is 50.3 Å². The molecule has 2 aromatic carbocycles. The lowest BCUT2D eigenvalue weighted by molar-refractivity contribution is -0.274. The number of nitrogen functional groups attached to an aromatic ring is 1. The van der Waals surface area contributed by atoms with Crippen LogP contribution in [0.3, 0.4) is 0 Å². The normalized spacial score (nSPS) is 21.8. The van der Waals surface area contributed by atoms with Crippen molar-refractivity contribution in [1.29, 1.82) is 0 Å². The van der Waals surface area contributed by atoms with Crippen LogP contribution in [0.25, 0.3) is 16.6 Å². The van der Waals surface area contributed by atoms with Gasteiger partial charge in [-0.25, -0.2) is 9.97 Å². The van der Waals surface area contributed by atoms with E-state index in [0.29, 0.717) is 46.5 Å². The van der Waals surface area contributed by atoms with E-state index in [-0.39, 0.29) is 23.9 Å². The van der Waals surface area contributed by atoms with Gasteiger partial charge in [0.2, 0.25) is 0 Å². The lowest BCUT2D eigenvalue weighted by atomic mass is 10.0. The molecule has 2 N–H and O–H groups in total. The molecule has 2 aliphatic rings. The number of imidazole rings is 1. The van der Waals surface area contributed by atoms with Crippen molar-refractivity contribution in [2.75, 3.05) is 12.3 Å². The minimum absolute atomic E-state index is 0.203. The van der Waals surface area contributed by atoms with Crippen LogP contribution in [0.15, 0.2) is 48.9 Å². The van der Waals surface area contributed by atoms with Crippen molar-refractivity contribution in [3.63, 3.8) is 0 Å². The smallest absolute Gasteiger partial charge is 0.406 e. The van der Waals surface area contributed by atoms with Crippen molar-refractivity contribution in [3.8, 4) is 5.75 Å². The van der Waals surface area contributed by atoms with E-state index >= 15 is 0 Å². The van der Waals surface area contributed by atoms with Crippen molar-refractivity contribution < 1.29 is 27.4 Å². The van der Waals surface area contributed by atoms with Crippen LogP contribution in [0.5, 0.6) is 5.75 Å². The zero-order chi connectivity index (χ0) is 24.5. The molecule has 2 aromatic heterocycles. The number of halogens is 3. The fourth-order valence-electron chi connectivity index (χ4n) is 5.18. The number of aromatic nitrogens is 3. The number of morpholine rings is 1. The molecule has 11 heteroatoms. The Morgan fingerprint density at radius 1 is 1.20 bits per heavy atom. The molecule has 1 aliphatic heterocycles. The number of anilines is 1. The third-order valence-corrected chi connectivity index (χ3v) is 6.52. The number of carbonyl (C=O) groups excluding carboxylic acids is 1. The second-order valence-corrected chi connectivity index (χ2v) is 8.85. The van der Waals surface area contributed by atoms with Crippen molar-refractivity contribution in [1.82, 2.24) is 19.3 Å². The van der Waals surface area contributed by atoms with E-state index in [9.17, 15) is 18.0 Å². The van der Waals surface area contributed by atoms with Crippen LogP contribution in [-0.2, 0) is 11.2 Å². The van der Waals surface area contributed by atoms with Crippen molar-refractivity contribution in [2.24, 2.45) is 0 Å². The number of nitrogens with zero attached hydrogens (tertiary/aromatic N) is 4. The zero-order valence-corrected chi connectivity index (χ0v) is 18.5. The molecule has 35 heavy (non-hydrogen) atoms. The monoisotopic (exact) mass is 483 g/mol.